The third-order valence-electron chi connectivity index (χ3n) is 14.2. The Balaban J connectivity index is 3.46. The smallest absolute Gasteiger partial charge is 0.220 e. The summed E-state index contributed by atoms with van der Waals surface area (Å²) in [6, 6.07) is -0.636. The average Bonchev–Trinajstić information content (AvgIpc) is 3.31. The van der Waals surface area contributed by atoms with E-state index in [2.05, 4.69) is 31.3 Å². The van der Waals surface area contributed by atoms with E-state index in [4.69, 9.17) is 0 Å². The predicted octanol–water partition coefficient (Wildman–Crippen LogP) is 19.9. The molecule has 4 heteroatoms. The molecule has 0 fully saturated rings. The molecule has 0 heterocycles. The zero-order chi connectivity index (χ0) is 47.0. The van der Waals surface area contributed by atoms with Gasteiger partial charge in [0.05, 0.1) is 18.8 Å². The second-order valence-electron chi connectivity index (χ2n) is 20.8. The molecule has 0 aromatic rings. The maximum Gasteiger partial charge on any atom is 0.220 e. The summed E-state index contributed by atoms with van der Waals surface area (Å²) in [6.07, 6.45) is 76.6. The fourth-order valence-corrected chi connectivity index (χ4v) is 9.61. The minimum Gasteiger partial charge on any atom is -0.394 e. The Hall–Kier alpha value is -1.13. The summed E-state index contributed by atoms with van der Waals surface area (Å²) in [5, 5.41) is 23.2. The van der Waals surface area contributed by atoms with Gasteiger partial charge in [0.15, 0.2) is 0 Å². The van der Waals surface area contributed by atoms with Crippen molar-refractivity contribution in [1.82, 2.24) is 5.32 Å². The predicted molar refractivity (Wildman–Crippen MR) is 290 cm³/mol. The molecule has 0 saturated heterocycles. The second kappa shape index (κ2) is 57.2. The molecule has 1 amide bonds. The lowest BCUT2D eigenvalue weighted by molar-refractivity contribution is -0.123. The largest absolute Gasteiger partial charge is 0.394 e. The molecule has 3 N–H and O–H groups in total. The molecule has 386 valence electrons. The fraction of sp³-hybridized carbons (Fsp3) is 0.918. The van der Waals surface area contributed by atoms with Crippen LogP contribution >= 0.6 is 0 Å². The Morgan fingerprint density at radius 3 is 0.892 bits per heavy atom. The van der Waals surface area contributed by atoms with Gasteiger partial charge < -0.3 is 15.5 Å². The van der Waals surface area contributed by atoms with Crippen molar-refractivity contribution >= 4 is 5.91 Å². The Morgan fingerprint density at radius 1 is 0.354 bits per heavy atom. The van der Waals surface area contributed by atoms with Crippen molar-refractivity contribution in [3.63, 3.8) is 0 Å². The van der Waals surface area contributed by atoms with Crippen molar-refractivity contribution in [3.05, 3.63) is 24.3 Å². The Labute approximate surface area is 409 Å². The standard InChI is InChI=1S/C61H119NO3/c1-3-5-7-9-11-13-15-17-19-21-23-25-26-27-28-29-30-31-32-33-34-35-36-37-38-40-42-44-46-48-50-52-54-56-60(64)59(58-63)62-61(65)57-55-53-51-49-47-45-43-41-39-24-22-20-18-16-14-12-10-8-6-4-2/h46,48,54,56,59-60,63-64H,3-45,47,49-53,55,57-58H2,1-2H3,(H,62,65)/b48-46+,56-54+. The minimum atomic E-state index is -0.860. The van der Waals surface area contributed by atoms with E-state index in [9.17, 15) is 15.0 Å². The van der Waals surface area contributed by atoms with Gasteiger partial charge in [0.1, 0.15) is 0 Å². The van der Waals surface area contributed by atoms with Crippen LogP contribution in [-0.4, -0.2) is 34.9 Å². The number of allylic oxidation sites excluding steroid dienone is 3. The first-order valence-corrected chi connectivity index (χ1v) is 30.1. The summed E-state index contributed by atoms with van der Waals surface area (Å²) in [5.41, 5.74) is 0. The first-order chi connectivity index (χ1) is 32.2. The SMILES string of the molecule is CCCCCCCCCCCCCCCCCCCCCCCCCCCCC/C=C/CC/C=C/C(O)C(CO)NC(=O)CCCCCCCCCCCCCCCCCCCCCC. The highest BCUT2D eigenvalue weighted by Crippen LogP contribution is 2.18. The first kappa shape index (κ1) is 63.9. The number of aliphatic hydroxyl groups excluding tert-OH is 2. The number of carbonyl (C=O) groups is 1. The molecule has 0 bridgehead atoms. The summed E-state index contributed by atoms with van der Waals surface area (Å²) in [4.78, 5) is 12.5. The molecule has 0 aliphatic carbocycles. The highest BCUT2D eigenvalue weighted by molar-refractivity contribution is 5.76. The van der Waals surface area contributed by atoms with Crippen molar-refractivity contribution in [2.24, 2.45) is 0 Å². The monoisotopic (exact) mass is 914 g/mol. The van der Waals surface area contributed by atoms with E-state index in [1.165, 1.54) is 289 Å². The summed E-state index contributed by atoms with van der Waals surface area (Å²) in [7, 11) is 0. The van der Waals surface area contributed by atoms with Crippen molar-refractivity contribution in [2.75, 3.05) is 6.61 Å². The van der Waals surface area contributed by atoms with Crippen LogP contribution in [-0.2, 0) is 4.79 Å². The lowest BCUT2D eigenvalue weighted by Crippen LogP contribution is -2.45. The van der Waals surface area contributed by atoms with Gasteiger partial charge in [-0.1, -0.05) is 327 Å². The van der Waals surface area contributed by atoms with Crippen LogP contribution in [0.2, 0.25) is 0 Å². The molecule has 65 heavy (non-hydrogen) atoms. The van der Waals surface area contributed by atoms with E-state index in [1.807, 2.05) is 6.08 Å². The molecule has 0 aliphatic rings. The van der Waals surface area contributed by atoms with Gasteiger partial charge in [-0.2, -0.15) is 0 Å². The van der Waals surface area contributed by atoms with E-state index in [1.54, 1.807) is 6.08 Å². The van der Waals surface area contributed by atoms with Gasteiger partial charge in [0.2, 0.25) is 5.91 Å². The van der Waals surface area contributed by atoms with E-state index in [0.717, 1.165) is 32.1 Å². The zero-order valence-corrected chi connectivity index (χ0v) is 44.5. The van der Waals surface area contributed by atoms with Gasteiger partial charge >= 0.3 is 0 Å². The van der Waals surface area contributed by atoms with E-state index < -0.39 is 12.1 Å². The second-order valence-corrected chi connectivity index (χ2v) is 20.8. The van der Waals surface area contributed by atoms with E-state index >= 15 is 0 Å². The summed E-state index contributed by atoms with van der Waals surface area (Å²) >= 11 is 0. The zero-order valence-electron chi connectivity index (χ0n) is 44.5. The Morgan fingerprint density at radius 2 is 0.600 bits per heavy atom. The highest BCUT2D eigenvalue weighted by Gasteiger charge is 2.18. The number of hydrogen-bond acceptors (Lipinski definition) is 3. The maximum atomic E-state index is 12.5. The van der Waals surface area contributed by atoms with Crippen molar-refractivity contribution < 1.29 is 15.0 Å². The van der Waals surface area contributed by atoms with Gasteiger partial charge in [-0.15, -0.1) is 0 Å². The number of amides is 1. The number of aliphatic hydroxyl groups is 2. The minimum absolute atomic E-state index is 0.0666. The number of unbranched alkanes of at least 4 members (excludes halogenated alkanes) is 47. The number of hydrogen-bond donors (Lipinski definition) is 3. The van der Waals surface area contributed by atoms with Crippen LogP contribution in [0.1, 0.15) is 341 Å². The lowest BCUT2D eigenvalue weighted by atomic mass is 10.0. The summed E-state index contributed by atoms with van der Waals surface area (Å²) in [5.74, 6) is -0.0666. The van der Waals surface area contributed by atoms with Gasteiger partial charge in [-0.3, -0.25) is 4.79 Å². The highest BCUT2D eigenvalue weighted by atomic mass is 16.3. The van der Waals surface area contributed by atoms with Gasteiger partial charge in [0, 0.05) is 6.42 Å². The molecule has 0 radical (unpaired) electrons. The molecule has 2 unspecified atom stereocenters. The van der Waals surface area contributed by atoms with Crippen LogP contribution in [0.15, 0.2) is 24.3 Å². The number of rotatable bonds is 56. The van der Waals surface area contributed by atoms with Crippen molar-refractivity contribution in [2.45, 2.75) is 353 Å². The van der Waals surface area contributed by atoms with E-state index in [0.29, 0.717) is 6.42 Å². The van der Waals surface area contributed by atoms with Crippen LogP contribution in [0.25, 0.3) is 0 Å². The van der Waals surface area contributed by atoms with Crippen LogP contribution in [0.4, 0.5) is 0 Å². The Kier molecular flexibility index (Phi) is 56.2. The molecule has 0 spiro atoms. The topological polar surface area (TPSA) is 69.6 Å². The van der Waals surface area contributed by atoms with Gasteiger partial charge in [-0.25, -0.2) is 0 Å². The van der Waals surface area contributed by atoms with Gasteiger partial charge in [0.25, 0.3) is 0 Å². The third-order valence-corrected chi connectivity index (χ3v) is 14.2. The Bertz CT molecular complexity index is 947. The molecule has 2 atom stereocenters. The van der Waals surface area contributed by atoms with E-state index in [-0.39, 0.29) is 12.5 Å². The molecule has 0 aromatic heterocycles. The molecular formula is C61H119NO3. The molecule has 0 saturated carbocycles. The first-order valence-electron chi connectivity index (χ1n) is 30.1. The van der Waals surface area contributed by atoms with Crippen molar-refractivity contribution in [1.29, 1.82) is 0 Å². The summed E-state index contributed by atoms with van der Waals surface area (Å²) in [6.45, 7) is 4.34. The van der Waals surface area contributed by atoms with Crippen LogP contribution in [0.3, 0.4) is 0 Å². The van der Waals surface area contributed by atoms with Crippen LogP contribution in [0, 0.1) is 0 Å². The molecular weight excluding hydrogens is 795 g/mol. The quantitative estimate of drug-likeness (QED) is 0.0421. The third kappa shape index (κ3) is 53.7. The lowest BCUT2D eigenvalue weighted by Gasteiger charge is -2.19. The maximum absolute atomic E-state index is 12.5. The number of carbonyl (C=O) groups excluding carboxylic acids is 1. The van der Waals surface area contributed by atoms with Crippen molar-refractivity contribution in [3.8, 4) is 0 Å². The van der Waals surface area contributed by atoms with Gasteiger partial charge in [-0.05, 0) is 32.1 Å². The molecule has 0 rings (SSSR count). The van der Waals surface area contributed by atoms with Crippen LogP contribution in [0.5, 0.6) is 0 Å². The molecule has 0 aromatic carbocycles. The molecule has 4 nitrogen and oxygen atoms in total. The number of nitrogens with one attached hydrogen (secondary N) is 1. The normalized spacial score (nSPS) is 12.9. The fourth-order valence-electron chi connectivity index (χ4n) is 9.61. The molecule has 0 aliphatic heterocycles. The summed E-state index contributed by atoms with van der Waals surface area (Å²) < 4.78 is 0. The van der Waals surface area contributed by atoms with Crippen LogP contribution < -0.4 is 5.32 Å². The average molecular weight is 915 g/mol.